The third kappa shape index (κ3) is 7.54. The van der Waals surface area contributed by atoms with Gasteiger partial charge in [-0.3, -0.25) is 14.6 Å². The number of amides is 4. The minimum atomic E-state index is -0.695. The van der Waals surface area contributed by atoms with E-state index in [4.69, 9.17) is 19.5 Å². The van der Waals surface area contributed by atoms with Crippen molar-refractivity contribution in [2.75, 3.05) is 27.3 Å². The number of nitrogens with zero attached hydrogens (tertiary/aromatic N) is 4. The van der Waals surface area contributed by atoms with Crippen molar-refractivity contribution in [3.63, 3.8) is 0 Å². The standard InChI is InChI=1S/C39H49N7O6/c1-22(2)33(43-38(49)51-5)36(47)45-18-8-12-31(45)29-17-16-27(40-29)26-11-7-10-24(20-26)25-14-15-28-30(21-25)42-35(41-28)32-13-9-19-46(32)37(48)34(23(3)4)44-39(50)52-6/h7,10-11,14-16,20-23,31-34H,8-9,12-13,17-19H2,1-6H3,(H,41,42)(H,43,49)(H,44,50)/t31-,32-,33-,34-/m0/s1. The zero-order valence-electron chi connectivity index (χ0n) is 30.8. The van der Waals surface area contributed by atoms with Crippen LogP contribution in [0.15, 0.2) is 53.5 Å². The van der Waals surface area contributed by atoms with E-state index in [9.17, 15) is 19.2 Å². The monoisotopic (exact) mass is 711 g/mol. The lowest BCUT2D eigenvalue weighted by atomic mass is 10.0. The van der Waals surface area contributed by atoms with Gasteiger partial charge in [0.2, 0.25) is 11.8 Å². The predicted octanol–water partition coefficient (Wildman–Crippen LogP) is 5.83. The van der Waals surface area contributed by atoms with Gasteiger partial charge in [-0.25, -0.2) is 14.6 Å². The van der Waals surface area contributed by atoms with Crippen molar-refractivity contribution in [1.29, 1.82) is 0 Å². The normalized spacial score (nSPS) is 19.8. The molecule has 3 aliphatic heterocycles. The maximum absolute atomic E-state index is 13.6. The number of alkyl carbamates (subject to hydrolysis) is 2. The second-order valence-electron chi connectivity index (χ2n) is 14.4. The lowest BCUT2D eigenvalue weighted by molar-refractivity contribution is -0.135. The van der Waals surface area contributed by atoms with Crippen LogP contribution < -0.4 is 10.6 Å². The first-order valence-electron chi connectivity index (χ1n) is 18.2. The highest BCUT2D eigenvalue weighted by Gasteiger charge is 2.39. The van der Waals surface area contributed by atoms with Gasteiger partial charge in [-0.2, -0.15) is 0 Å². The van der Waals surface area contributed by atoms with Gasteiger partial charge in [0.05, 0.1) is 43.0 Å². The molecule has 3 aliphatic rings. The van der Waals surface area contributed by atoms with E-state index in [2.05, 4.69) is 39.9 Å². The molecule has 2 aromatic carbocycles. The molecule has 4 atom stereocenters. The van der Waals surface area contributed by atoms with E-state index in [1.165, 1.54) is 14.2 Å². The fourth-order valence-electron chi connectivity index (χ4n) is 7.51. The topological polar surface area (TPSA) is 158 Å². The van der Waals surface area contributed by atoms with Gasteiger partial charge < -0.3 is 34.9 Å². The van der Waals surface area contributed by atoms with Gasteiger partial charge in [-0.05, 0) is 66.8 Å². The summed E-state index contributed by atoms with van der Waals surface area (Å²) in [5.41, 5.74) is 6.55. The molecule has 0 bridgehead atoms. The molecule has 0 saturated carbocycles. The Bertz CT molecular complexity index is 1900. The fraction of sp³-hybridized carbons (Fsp3) is 0.487. The third-order valence-electron chi connectivity index (χ3n) is 10.3. The highest BCUT2D eigenvalue weighted by atomic mass is 16.5. The van der Waals surface area contributed by atoms with E-state index in [0.717, 1.165) is 70.6 Å². The highest BCUT2D eigenvalue weighted by molar-refractivity contribution is 6.02. The Kier molecular flexibility index (Phi) is 11.0. The van der Waals surface area contributed by atoms with Crippen molar-refractivity contribution >= 4 is 46.4 Å². The number of rotatable bonds is 10. The quantitative estimate of drug-likeness (QED) is 0.239. The Morgan fingerprint density at radius 2 is 1.37 bits per heavy atom. The van der Waals surface area contributed by atoms with Crippen LogP contribution in [0.3, 0.4) is 0 Å². The molecule has 13 nitrogen and oxygen atoms in total. The number of allylic oxidation sites excluding steroid dienone is 1. The molecular formula is C39H49N7O6. The molecule has 2 fully saturated rings. The lowest BCUT2D eigenvalue weighted by Crippen LogP contribution is -2.53. The molecule has 6 rings (SSSR count). The van der Waals surface area contributed by atoms with Crippen molar-refractivity contribution in [2.24, 2.45) is 16.8 Å². The Hall–Kier alpha value is -5.20. The van der Waals surface area contributed by atoms with Crippen LogP contribution in [-0.2, 0) is 19.1 Å². The van der Waals surface area contributed by atoms with E-state index in [0.29, 0.717) is 19.5 Å². The average Bonchev–Trinajstić information content (AvgIpc) is 3.97. The van der Waals surface area contributed by atoms with Crippen LogP contribution in [0.2, 0.25) is 0 Å². The molecule has 2 saturated heterocycles. The molecule has 3 aromatic rings. The van der Waals surface area contributed by atoms with E-state index in [1.807, 2.05) is 61.8 Å². The molecular weight excluding hydrogens is 662 g/mol. The minimum absolute atomic E-state index is 0.0942. The summed E-state index contributed by atoms with van der Waals surface area (Å²) >= 11 is 0. The minimum Gasteiger partial charge on any atom is -0.453 e. The summed E-state index contributed by atoms with van der Waals surface area (Å²) in [6.45, 7) is 8.84. The zero-order chi connectivity index (χ0) is 37.1. The lowest BCUT2D eigenvalue weighted by Gasteiger charge is -2.30. The molecule has 4 heterocycles. The molecule has 1 aromatic heterocycles. The van der Waals surface area contributed by atoms with Crippen LogP contribution >= 0.6 is 0 Å². The first-order chi connectivity index (χ1) is 25.0. The highest BCUT2D eigenvalue weighted by Crippen LogP contribution is 2.35. The summed E-state index contributed by atoms with van der Waals surface area (Å²) in [6, 6.07) is 12.7. The summed E-state index contributed by atoms with van der Waals surface area (Å²) in [5.74, 6) is 0.269. The number of likely N-dealkylation sites (tertiary alicyclic amines) is 2. The maximum Gasteiger partial charge on any atom is 0.407 e. The Labute approximate surface area is 304 Å². The SMILES string of the molecule is COC(=O)N[C@H](C(=O)N1CCC[C@H]1C1=NC(c2cccc(-c3ccc4nc([C@@H]5CCCN5C(=O)[C@@H](NC(=O)OC)C(C)C)[nH]c4c3)c2)=CC1)C(C)C. The summed E-state index contributed by atoms with van der Waals surface area (Å²) < 4.78 is 9.54. The molecule has 0 aliphatic carbocycles. The number of aromatic nitrogens is 2. The smallest absolute Gasteiger partial charge is 0.407 e. The van der Waals surface area contributed by atoms with E-state index >= 15 is 0 Å². The summed E-state index contributed by atoms with van der Waals surface area (Å²) in [6.07, 6.45) is 4.85. The van der Waals surface area contributed by atoms with Crippen molar-refractivity contribution < 1.29 is 28.7 Å². The van der Waals surface area contributed by atoms with Crippen molar-refractivity contribution in [3.05, 3.63) is 59.9 Å². The first kappa shape index (κ1) is 36.6. The largest absolute Gasteiger partial charge is 0.453 e. The van der Waals surface area contributed by atoms with Gasteiger partial charge in [-0.1, -0.05) is 58.0 Å². The second-order valence-corrected chi connectivity index (χ2v) is 14.4. The van der Waals surface area contributed by atoms with E-state index in [-0.39, 0.29) is 35.7 Å². The Balaban J connectivity index is 1.18. The number of benzene rings is 2. The fourth-order valence-corrected chi connectivity index (χ4v) is 7.51. The number of nitrogens with one attached hydrogen (secondary N) is 3. The molecule has 0 unspecified atom stereocenters. The number of carbonyl (C=O) groups excluding carboxylic acids is 4. The van der Waals surface area contributed by atoms with Gasteiger partial charge in [0.15, 0.2) is 0 Å². The van der Waals surface area contributed by atoms with E-state index in [1.54, 1.807) is 0 Å². The molecule has 0 radical (unpaired) electrons. The number of aromatic amines is 1. The van der Waals surface area contributed by atoms with Crippen molar-refractivity contribution in [1.82, 2.24) is 30.4 Å². The molecule has 4 amide bonds. The summed E-state index contributed by atoms with van der Waals surface area (Å²) in [5, 5.41) is 5.42. The summed E-state index contributed by atoms with van der Waals surface area (Å²) in [7, 11) is 2.59. The van der Waals surface area contributed by atoms with Crippen LogP contribution in [0, 0.1) is 11.8 Å². The van der Waals surface area contributed by atoms with Crippen molar-refractivity contribution in [3.8, 4) is 11.1 Å². The number of ether oxygens (including phenoxy) is 2. The predicted molar refractivity (Wildman–Crippen MR) is 198 cm³/mol. The maximum atomic E-state index is 13.6. The number of aliphatic imine (C=N–C) groups is 1. The first-order valence-corrected chi connectivity index (χ1v) is 18.2. The molecule has 3 N–H and O–H groups in total. The van der Waals surface area contributed by atoms with Crippen LogP contribution in [0.1, 0.15) is 77.2 Å². The van der Waals surface area contributed by atoms with Gasteiger partial charge in [0, 0.05) is 30.8 Å². The van der Waals surface area contributed by atoms with Crippen LogP contribution in [0.25, 0.3) is 27.9 Å². The molecule has 0 spiro atoms. The van der Waals surface area contributed by atoms with Gasteiger partial charge in [0.1, 0.15) is 17.9 Å². The molecule has 276 valence electrons. The second kappa shape index (κ2) is 15.6. The number of fused-ring (bicyclic) bond motifs is 1. The summed E-state index contributed by atoms with van der Waals surface area (Å²) in [4.78, 5) is 68.3. The number of hydrogen-bond acceptors (Lipinski definition) is 8. The van der Waals surface area contributed by atoms with Crippen LogP contribution in [0.5, 0.6) is 0 Å². The Morgan fingerprint density at radius 3 is 1.98 bits per heavy atom. The number of H-pyrrole nitrogens is 1. The molecule has 13 heteroatoms. The number of imidazole rings is 1. The third-order valence-corrected chi connectivity index (χ3v) is 10.3. The van der Waals surface area contributed by atoms with Gasteiger partial charge in [-0.15, -0.1) is 0 Å². The number of carbonyl (C=O) groups is 4. The van der Waals surface area contributed by atoms with Crippen LogP contribution in [0.4, 0.5) is 9.59 Å². The average molecular weight is 712 g/mol. The van der Waals surface area contributed by atoms with Crippen LogP contribution in [-0.4, -0.2) is 94.9 Å². The number of methoxy groups -OCH3 is 2. The van der Waals surface area contributed by atoms with Gasteiger partial charge in [0.25, 0.3) is 0 Å². The Morgan fingerprint density at radius 1 is 0.788 bits per heavy atom. The number of hydrogen-bond donors (Lipinski definition) is 3. The van der Waals surface area contributed by atoms with Gasteiger partial charge >= 0.3 is 12.2 Å². The molecule has 52 heavy (non-hydrogen) atoms. The zero-order valence-corrected chi connectivity index (χ0v) is 30.8. The van der Waals surface area contributed by atoms with Crippen molar-refractivity contribution in [2.45, 2.75) is 84.0 Å². The van der Waals surface area contributed by atoms with E-state index < -0.39 is 24.3 Å².